The average molecular weight is 427 g/mol. The molecule has 4 rings (SSSR count). The number of nitrogens with one attached hydrogen (secondary N) is 1. The van der Waals surface area contributed by atoms with Gasteiger partial charge in [0.2, 0.25) is 5.91 Å². The molecular weight excluding hydrogens is 404 g/mol. The van der Waals surface area contributed by atoms with E-state index in [2.05, 4.69) is 39.1 Å². The summed E-state index contributed by atoms with van der Waals surface area (Å²) in [6.45, 7) is 4.85. The van der Waals surface area contributed by atoms with Crippen molar-refractivity contribution in [1.29, 1.82) is 0 Å². The Morgan fingerprint density at radius 3 is 2.66 bits per heavy atom. The number of amides is 1. The Morgan fingerprint density at radius 1 is 1.17 bits per heavy atom. The smallest absolute Gasteiger partial charge is 0.234 e. The zero-order valence-corrected chi connectivity index (χ0v) is 18.0. The molecule has 1 aromatic heterocycles. The molecule has 7 heteroatoms. The van der Waals surface area contributed by atoms with E-state index in [4.69, 9.17) is 11.6 Å². The maximum absolute atomic E-state index is 12.4. The summed E-state index contributed by atoms with van der Waals surface area (Å²) >= 11 is 7.43. The number of hydrogen-bond acceptors (Lipinski definition) is 4. The van der Waals surface area contributed by atoms with Crippen molar-refractivity contribution in [1.82, 2.24) is 14.8 Å². The third-order valence-corrected chi connectivity index (χ3v) is 6.45. The van der Waals surface area contributed by atoms with Gasteiger partial charge in [-0.15, -0.1) is 10.2 Å². The van der Waals surface area contributed by atoms with Crippen LogP contribution in [0.25, 0.3) is 0 Å². The molecule has 3 aromatic rings. The van der Waals surface area contributed by atoms with E-state index in [0.717, 1.165) is 40.2 Å². The van der Waals surface area contributed by atoms with Gasteiger partial charge in [0, 0.05) is 23.2 Å². The van der Waals surface area contributed by atoms with E-state index >= 15 is 0 Å². The summed E-state index contributed by atoms with van der Waals surface area (Å²) in [6.07, 6.45) is 1.07. The monoisotopic (exact) mass is 426 g/mol. The normalized spacial score (nSPS) is 17.9. The standard InChI is InChI=1S/C22H23ClN4OS/c1-3-27-21(18-12-17(18)15-8-10-16(23)11-9-15)25-26-22(27)29-13-20(28)24-19-7-5-4-6-14(19)2/h4-11,17-18H,3,12-13H2,1-2H3,(H,24,28)/t17-,18-/m1/s1. The molecule has 1 N–H and O–H groups in total. The number of thioether (sulfide) groups is 1. The van der Waals surface area contributed by atoms with Gasteiger partial charge in [0.25, 0.3) is 0 Å². The molecule has 2 aromatic carbocycles. The first kappa shape index (κ1) is 20.0. The van der Waals surface area contributed by atoms with Gasteiger partial charge in [-0.3, -0.25) is 4.79 Å². The van der Waals surface area contributed by atoms with Crippen molar-refractivity contribution in [3.8, 4) is 0 Å². The van der Waals surface area contributed by atoms with Gasteiger partial charge in [-0.05, 0) is 55.5 Å². The van der Waals surface area contributed by atoms with Crippen LogP contribution in [0.2, 0.25) is 5.02 Å². The summed E-state index contributed by atoms with van der Waals surface area (Å²) < 4.78 is 2.13. The fourth-order valence-corrected chi connectivity index (χ4v) is 4.50. The number of hydrogen-bond donors (Lipinski definition) is 1. The van der Waals surface area contributed by atoms with Crippen molar-refractivity contribution in [3.63, 3.8) is 0 Å². The lowest BCUT2D eigenvalue weighted by atomic mass is 10.1. The Labute approximate surface area is 179 Å². The molecule has 0 saturated heterocycles. The molecule has 0 bridgehead atoms. The van der Waals surface area contributed by atoms with Gasteiger partial charge in [-0.1, -0.05) is 53.7 Å². The van der Waals surface area contributed by atoms with Gasteiger partial charge in [0.05, 0.1) is 5.75 Å². The summed E-state index contributed by atoms with van der Waals surface area (Å²) in [5.74, 6) is 2.11. The molecule has 0 aliphatic heterocycles. The molecular formula is C22H23ClN4OS. The lowest BCUT2D eigenvalue weighted by Gasteiger charge is -2.09. The topological polar surface area (TPSA) is 59.8 Å². The van der Waals surface area contributed by atoms with E-state index in [1.165, 1.54) is 17.3 Å². The van der Waals surface area contributed by atoms with Gasteiger partial charge in [0.1, 0.15) is 5.82 Å². The number of carbonyl (C=O) groups is 1. The van der Waals surface area contributed by atoms with Crippen LogP contribution in [0.4, 0.5) is 5.69 Å². The Balaban J connectivity index is 1.40. The molecule has 2 atom stereocenters. The van der Waals surface area contributed by atoms with Gasteiger partial charge in [-0.2, -0.15) is 0 Å². The maximum Gasteiger partial charge on any atom is 0.234 e. The SMILES string of the molecule is CCn1c(SCC(=O)Nc2ccccc2C)nnc1[C@@H]1C[C@@H]1c1ccc(Cl)cc1. The fourth-order valence-electron chi connectivity index (χ4n) is 3.57. The molecule has 1 aliphatic rings. The number of para-hydroxylation sites is 1. The fraction of sp³-hybridized carbons (Fsp3) is 0.318. The lowest BCUT2D eigenvalue weighted by molar-refractivity contribution is -0.113. The highest BCUT2D eigenvalue weighted by molar-refractivity contribution is 7.99. The number of nitrogens with zero attached hydrogens (tertiary/aromatic N) is 3. The maximum atomic E-state index is 12.4. The minimum Gasteiger partial charge on any atom is -0.325 e. The predicted molar refractivity (Wildman–Crippen MR) is 118 cm³/mol. The minimum absolute atomic E-state index is 0.0398. The van der Waals surface area contributed by atoms with Crippen LogP contribution in [0.3, 0.4) is 0 Å². The second-order valence-corrected chi connectivity index (χ2v) is 8.62. The zero-order valence-electron chi connectivity index (χ0n) is 16.4. The van der Waals surface area contributed by atoms with Crippen LogP contribution in [0.1, 0.15) is 42.1 Å². The van der Waals surface area contributed by atoms with Crippen LogP contribution in [-0.2, 0) is 11.3 Å². The van der Waals surface area contributed by atoms with Crippen molar-refractivity contribution in [2.24, 2.45) is 0 Å². The van der Waals surface area contributed by atoms with Crippen molar-refractivity contribution >= 4 is 35.0 Å². The van der Waals surface area contributed by atoms with Gasteiger partial charge in [-0.25, -0.2) is 0 Å². The highest BCUT2D eigenvalue weighted by atomic mass is 35.5. The minimum atomic E-state index is -0.0398. The van der Waals surface area contributed by atoms with E-state index < -0.39 is 0 Å². The first-order chi connectivity index (χ1) is 14.1. The Morgan fingerprint density at radius 2 is 1.93 bits per heavy atom. The Kier molecular flexibility index (Phi) is 5.92. The molecule has 29 heavy (non-hydrogen) atoms. The third kappa shape index (κ3) is 4.49. The van der Waals surface area contributed by atoms with Crippen LogP contribution in [0.5, 0.6) is 0 Å². The van der Waals surface area contributed by atoms with Gasteiger partial charge in [0.15, 0.2) is 5.16 Å². The summed E-state index contributed by atoms with van der Waals surface area (Å²) in [6, 6.07) is 15.8. The number of benzene rings is 2. The number of carbonyl (C=O) groups excluding carboxylic acids is 1. The summed E-state index contributed by atoms with van der Waals surface area (Å²) in [5.41, 5.74) is 3.18. The molecule has 0 radical (unpaired) electrons. The van der Waals surface area contributed by atoms with E-state index in [9.17, 15) is 4.79 Å². The number of anilines is 1. The molecule has 5 nitrogen and oxygen atoms in total. The molecule has 0 unspecified atom stereocenters. The molecule has 1 fully saturated rings. The highest BCUT2D eigenvalue weighted by Gasteiger charge is 2.43. The first-order valence-electron chi connectivity index (χ1n) is 9.73. The Bertz CT molecular complexity index is 1020. The number of aryl methyl sites for hydroxylation is 1. The number of halogens is 1. The van der Waals surface area contributed by atoms with Gasteiger partial charge < -0.3 is 9.88 Å². The Hall–Kier alpha value is -2.31. The lowest BCUT2D eigenvalue weighted by Crippen LogP contribution is -2.15. The molecule has 150 valence electrons. The summed E-state index contributed by atoms with van der Waals surface area (Å²) in [7, 11) is 0. The first-order valence-corrected chi connectivity index (χ1v) is 11.1. The van der Waals surface area contributed by atoms with Crippen molar-refractivity contribution in [3.05, 3.63) is 70.5 Å². The largest absolute Gasteiger partial charge is 0.325 e. The molecule has 1 aliphatic carbocycles. The van der Waals surface area contributed by atoms with E-state index in [0.29, 0.717) is 17.6 Å². The van der Waals surface area contributed by atoms with Crippen LogP contribution < -0.4 is 5.32 Å². The predicted octanol–water partition coefficient (Wildman–Crippen LogP) is 5.26. The summed E-state index contributed by atoms with van der Waals surface area (Å²) in [5, 5.41) is 13.3. The van der Waals surface area contributed by atoms with Crippen molar-refractivity contribution in [2.45, 2.75) is 43.8 Å². The average Bonchev–Trinajstić information content (AvgIpc) is 3.40. The third-order valence-electron chi connectivity index (χ3n) is 5.23. The second-order valence-electron chi connectivity index (χ2n) is 7.24. The number of rotatable bonds is 7. The number of aromatic nitrogens is 3. The van der Waals surface area contributed by atoms with Crippen molar-refractivity contribution < 1.29 is 4.79 Å². The second kappa shape index (κ2) is 8.59. The summed E-state index contributed by atoms with van der Waals surface area (Å²) in [4.78, 5) is 12.4. The quantitative estimate of drug-likeness (QED) is 0.523. The van der Waals surface area contributed by atoms with E-state index in [-0.39, 0.29) is 5.91 Å². The molecule has 1 heterocycles. The van der Waals surface area contributed by atoms with Crippen molar-refractivity contribution in [2.75, 3.05) is 11.1 Å². The highest BCUT2D eigenvalue weighted by Crippen LogP contribution is 2.54. The molecule has 0 spiro atoms. The van der Waals surface area contributed by atoms with Gasteiger partial charge >= 0.3 is 0 Å². The van der Waals surface area contributed by atoms with Crippen LogP contribution in [0.15, 0.2) is 53.7 Å². The van der Waals surface area contributed by atoms with E-state index in [1.54, 1.807) is 0 Å². The van der Waals surface area contributed by atoms with Crippen LogP contribution in [-0.4, -0.2) is 26.4 Å². The zero-order chi connectivity index (χ0) is 20.4. The van der Waals surface area contributed by atoms with Crippen LogP contribution in [0, 0.1) is 6.92 Å². The molecule has 1 amide bonds. The van der Waals surface area contributed by atoms with E-state index in [1.807, 2.05) is 43.3 Å². The molecule has 1 saturated carbocycles. The van der Waals surface area contributed by atoms with Crippen LogP contribution >= 0.6 is 23.4 Å².